The van der Waals surface area contributed by atoms with E-state index in [0.717, 1.165) is 30.0 Å². The van der Waals surface area contributed by atoms with Crippen molar-refractivity contribution in [3.05, 3.63) is 53.8 Å². The molecule has 1 aliphatic heterocycles. The minimum Gasteiger partial charge on any atom is -0.491 e. The zero-order valence-corrected chi connectivity index (χ0v) is 12.1. The summed E-state index contributed by atoms with van der Waals surface area (Å²) in [4.78, 5) is 1.97. The zero-order valence-electron chi connectivity index (χ0n) is 12.1. The van der Waals surface area contributed by atoms with Crippen LogP contribution < -0.4 is 15.4 Å². The number of rotatable bonds is 2. The van der Waals surface area contributed by atoms with Crippen LogP contribution >= 0.6 is 0 Å². The van der Waals surface area contributed by atoms with Crippen LogP contribution in [0.2, 0.25) is 0 Å². The van der Waals surface area contributed by atoms with Crippen LogP contribution in [0.1, 0.15) is 24.9 Å². The van der Waals surface area contributed by atoms with Gasteiger partial charge in [0.2, 0.25) is 0 Å². The van der Waals surface area contributed by atoms with E-state index in [1.807, 2.05) is 42.2 Å². The summed E-state index contributed by atoms with van der Waals surface area (Å²) in [5.41, 5.74) is 8.09. The van der Waals surface area contributed by atoms with E-state index in [9.17, 15) is 4.39 Å². The van der Waals surface area contributed by atoms with Gasteiger partial charge in [0.05, 0.1) is 18.0 Å². The molecule has 0 aliphatic carbocycles. The average Bonchev–Trinajstić information content (AvgIpc) is 2.69. The van der Waals surface area contributed by atoms with Gasteiger partial charge in [-0.3, -0.25) is 0 Å². The number of benzene rings is 2. The molecule has 0 amide bonds. The minimum atomic E-state index is -0.249. The number of halogens is 1. The second-order valence-electron chi connectivity index (χ2n) is 5.32. The third kappa shape index (κ3) is 2.72. The standard InChI is InChI=1S/C17H19FN2O/c1-12(19)13-7-8-15(14(18)11-13)20-9-4-10-21-17-6-3-2-5-16(17)20/h2-3,5-8,11-12H,4,9-10,19H2,1H3/t12-/m1/s1. The monoisotopic (exact) mass is 286 g/mol. The first-order valence-electron chi connectivity index (χ1n) is 7.21. The average molecular weight is 286 g/mol. The Morgan fingerprint density at radius 1 is 1.19 bits per heavy atom. The molecular formula is C17H19FN2O. The van der Waals surface area contributed by atoms with Crippen molar-refractivity contribution in [2.45, 2.75) is 19.4 Å². The van der Waals surface area contributed by atoms with Gasteiger partial charge in [0.1, 0.15) is 11.6 Å². The molecule has 0 fully saturated rings. The molecule has 1 heterocycles. The molecule has 0 saturated heterocycles. The van der Waals surface area contributed by atoms with Crippen LogP contribution in [0.3, 0.4) is 0 Å². The van der Waals surface area contributed by atoms with Gasteiger partial charge >= 0.3 is 0 Å². The lowest BCUT2D eigenvalue weighted by molar-refractivity contribution is 0.322. The van der Waals surface area contributed by atoms with E-state index in [1.165, 1.54) is 6.07 Å². The van der Waals surface area contributed by atoms with Gasteiger partial charge in [-0.05, 0) is 43.2 Å². The van der Waals surface area contributed by atoms with Crippen molar-refractivity contribution in [1.29, 1.82) is 0 Å². The number of nitrogens with zero attached hydrogens (tertiary/aromatic N) is 1. The van der Waals surface area contributed by atoms with Crippen LogP contribution in [-0.2, 0) is 0 Å². The van der Waals surface area contributed by atoms with Gasteiger partial charge in [0.15, 0.2) is 0 Å². The first-order chi connectivity index (χ1) is 10.2. The fraction of sp³-hybridized carbons (Fsp3) is 0.294. The number of anilines is 2. The largest absolute Gasteiger partial charge is 0.491 e. The Morgan fingerprint density at radius 3 is 2.76 bits per heavy atom. The van der Waals surface area contributed by atoms with Crippen molar-refractivity contribution in [2.24, 2.45) is 5.73 Å². The van der Waals surface area contributed by atoms with E-state index < -0.39 is 0 Å². The summed E-state index contributed by atoms with van der Waals surface area (Å²) in [5.74, 6) is 0.548. The van der Waals surface area contributed by atoms with Gasteiger partial charge in [-0.15, -0.1) is 0 Å². The molecule has 21 heavy (non-hydrogen) atoms. The molecule has 2 aromatic carbocycles. The van der Waals surface area contributed by atoms with E-state index in [-0.39, 0.29) is 11.9 Å². The Kier molecular flexibility index (Phi) is 3.80. The smallest absolute Gasteiger partial charge is 0.147 e. The topological polar surface area (TPSA) is 38.5 Å². The van der Waals surface area contributed by atoms with Gasteiger partial charge in [-0.25, -0.2) is 4.39 Å². The molecule has 4 heteroatoms. The molecule has 3 rings (SSSR count). The molecule has 0 spiro atoms. The SMILES string of the molecule is C[C@@H](N)c1ccc(N2CCCOc3ccccc32)c(F)c1. The zero-order chi connectivity index (χ0) is 14.8. The number of fused-ring (bicyclic) bond motifs is 1. The lowest BCUT2D eigenvalue weighted by atomic mass is 10.1. The quantitative estimate of drug-likeness (QED) is 0.913. The summed E-state index contributed by atoms with van der Waals surface area (Å²) in [6.45, 7) is 3.22. The van der Waals surface area contributed by atoms with Crippen LogP contribution in [-0.4, -0.2) is 13.2 Å². The van der Waals surface area contributed by atoms with Crippen molar-refractivity contribution in [3.8, 4) is 5.75 Å². The molecule has 0 unspecified atom stereocenters. The highest BCUT2D eigenvalue weighted by Gasteiger charge is 2.20. The summed E-state index contributed by atoms with van der Waals surface area (Å²) >= 11 is 0. The third-order valence-corrected chi connectivity index (χ3v) is 3.73. The number of nitrogens with two attached hydrogens (primary N) is 1. The van der Waals surface area contributed by atoms with Gasteiger partial charge in [-0.1, -0.05) is 18.2 Å². The molecule has 0 bridgehead atoms. The van der Waals surface area contributed by atoms with Crippen molar-refractivity contribution in [3.63, 3.8) is 0 Å². The molecule has 110 valence electrons. The highest BCUT2D eigenvalue weighted by Crippen LogP contribution is 2.37. The molecule has 3 nitrogen and oxygen atoms in total. The van der Waals surface area contributed by atoms with Crippen LogP contribution in [0.4, 0.5) is 15.8 Å². The van der Waals surface area contributed by atoms with Crippen molar-refractivity contribution in [1.82, 2.24) is 0 Å². The molecule has 0 saturated carbocycles. The second kappa shape index (κ2) is 5.74. The molecule has 1 aliphatic rings. The first-order valence-corrected chi connectivity index (χ1v) is 7.21. The summed E-state index contributed by atoms with van der Waals surface area (Å²) in [5, 5.41) is 0. The fourth-order valence-electron chi connectivity index (χ4n) is 2.60. The van der Waals surface area contributed by atoms with Crippen LogP contribution in [0, 0.1) is 5.82 Å². The Hall–Kier alpha value is -2.07. The summed E-state index contributed by atoms with van der Waals surface area (Å²) < 4.78 is 20.2. The predicted octanol–water partition coefficient (Wildman–Crippen LogP) is 3.77. The lowest BCUT2D eigenvalue weighted by Gasteiger charge is -2.25. The maximum absolute atomic E-state index is 14.5. The van der Waals surface area contributed by atoms with Crippen LogP contribution in [0.5, 0.6) is 5.75 Å². The van der Waals surface area contributed by atoms with Crippen LogP contribution in [0.15, 0.2) is 42.5 Å². The maximum Gasteiger partial charge on any atom is 0.147 e. The van der Waals surface area contributed by atoms with E-state index >= 15 is 0 Å². The molecule has 1 atom stereocenters. The van der Waals surface area contributed by atoms with Gasteiger partial charge in [0.25, 0.3) is 0 Å². The molecule has 2 N–H and O–H groups in total. The lowest BCUT2D eigenvalue weighted by Crippen LogP contribution is -2.19. The number of hydrogen-bond acceptors (Lipinski definition) is 3. The molecule has 0 aromatic heterocycles. The maximum atomic E-state index is 14.5. The fourth-order valence-corrected chi connectivity index (χ4v) is 2.60. The van der Waals surface area contributed by atoms with Crippen molar-refractivity contribution in [2.75, 3.05) is 18.1 Å². The van der Waals surface area contributed by atoms with E-state index in [1.54, 1.807) is 6.07 Å². The minimum absolute atomic E-state index is 0.173. The van der Waals surface area contributed by atoms with E-state index in [4.69, 9.17) is 10.5 Å². The van der Waals surface area contributed by atoms with Gasteiger partial charge in [0, 0.05) is 12.6 Å². The Labute approximate surface area is 124 Å². The van der Waals surface area contributed by atoms with Gasteiger partial charge < -0.3 is 15.4 Å². The predicted molar refractivity (Wildman–Crippen MR) is 82.6 cm³/mol. The van der Waals surface area contributed by atoms with E-state index in [2.05, 4.69) is 0 Å². The van der Waals surface area contributed by atoms with Crippen LogP contribution in [0.25, 0.3) is 0 Å². The Balaban J connectivity index is 2.04. The Bertz CT molecular complexity index is 642. The van der Waals surface area contributed by atoms with Crippen molar-refractivity contribution < 1.29 is 9.13 Å². The third-order valence-electron chi connectivity index (χ3n) is 3.73. The molecule has 0 radical (unpaired) electrons. The molecule has 2 aromatic rings. The number of hydrogen-bond donors (Lipinski definition) is 1. The number of ether oxygens (including phenoxy) is 1. The molecular weight excluding hydrogens is 267 g/mol. The highest BCUT2D eigenvalue weighted by molar-refractivity contribution is 5.70. The normalized spacial score (nSPS) is 15.9. The summed E-state index contributed by atoms with van der Waals surface area (Å²) in [6, 6.07) is 12.8. The van der Waals surface area contributed by atoms with E-state index in [0.29, 0.717) is 12.3 Å². The second-order valence-corrected chi connectivity index (χ2v) is 5.32. The summed E-state index contributed by atoms with van der Waals surface area (Å²) in [6.07, 6.45) is 0.850. The van der Waals surface area contributed by atoms with Crippen molar-refractivity contribution >= 4 is 11.4 Å². The Morgan fingerprint density at radius 2 is 2.00 bits per heavy atom. The van der Waals surface area contributed by atoms with Gasteiger partial charge in [-0.2, -0.15) is 0 Å². The highest BCUT2D eigenvalue weighted by atomic mass is 19.1. The first kappa shape index (κ1) is 13.9. The summed E-state index contributed by atoms with van der Waals surface area (Å²) in [7, 11) is 0. The number of para-hydroxylation sites is 2.